The Morgan fingerprint density at radius 2 is 1.93 bits per heavy atom. The fraction of sp³-hybridized carbons (Fsp3) is 0.435. The Kier molecular flexibility index (Phi) is 5.16. The predicted octanol–water partition coefficient (Wildman–Crippen LogP) is 3.35. The van der Waals surface area contributed by atoms with Gasteiger partial charge in [0.25, 0.3) is 5.91 Å². The number of likely N-dealkylation sites (tertiary alicyclic amines) is 2. The number of carbonyl (C=O) groups is 2. The summed E-state index contributed by atoms with van der Waals surface area (Å²) in [6.45, 7) is 5.88. The van der Waals surface area contributed by atoms with Gasteiger partial charge in [0, 0.05) is 37.9 Å². The summed E-state index contributed by atoms with van der Waals surface area (Å²) < 4.78 is 0. The first kappa shape index (κ1) is 18.7. The Bertz CT molecular complexity index is 878. The molecule has 2 saturated heterocycles. The van der Waals surface area contributed by atoms with Gasteiger partial charge in [-0.3, -0.25) is 14.6 Å². The van der Waals surface area contributed by atoms with Crippen LogP contribution >= 0.6 is 0 Å². The molecule has 4 rings (SSSR count). The highest BCUT2D eigenvalue weighted by atomic mass is 16.2. The van der Waals surface area contributed by atoms with Crippen molar-refractivity contribution in [1.82, 2.24) is 14.8 Å². The Hall–Kier alpha value is -2.69. The van der Waals surface area contributed by atoms with Gasteiger partial charge in [0.1, 0.15) is 0 Å². The molecule has 5 heteroatoms. The van der Waals surface area contributed by atoms with E-state index in [9.17, 15) is 9.59 Å². The molecule has 2 fully saturated rings. The number of hydrogen-bond acceptors (Lipinski definition) is 3. The lowest BCUT2D eigenvalue weighted by Crippen LogP contribution is -2.43. The largest absolute Gasteiger partial charge is 0.336 e. The molecule has 2 aromatic rings. The van der Waals surface area contributed by atoms with Crippen molar-refractivity contribution >= 4 is 11.8 Å². The summed E-state index contributed by atoms with van der Waals surface area (Å²) >= 11 is 0. The monoisotopic (exact) mass is 377 g/mol. The Labute approximate surface area is 166 Å². The van der Waals surface area contributed by atoms with E-state index in [2.05, 4.69) is 36.2 Å². The highest BCUT2D eigenvalue weighted by Crippen LogP contribution is 2.32. The quantitative estimate of drug-likeness (QED) is 0.824. The van der Waals surface area contributed by atoms with Crippen LogP contribution in [0.25, 0.3) is 0 Å². The van der Waals surface area contributed by atoms with Crippen LogP contribution in [0.15, 0.2) is 42.6 Å². The van der Waals surface area contributed by atoms with Crippen LogP contribution in [-0.4, -0.2) is 45.7 Å². The summed E-state index contributed by atoms with van der Waals surface area (Å²) in [5, 5.41) is 0. The molecule has 1 aromatic heterocycles. The third-order valence-electron chi connectivity index (χ3n) is 6.09. The molecular weight excluding hydrogens is 350 g/mol. The third-order valence-corrected chi connectivity index (χ3v) is 6.09. The second-order valence-corrected chi connectivity index (χ2v) is 8.07. The minimum atomic E-state index is 0.0291. The highest BCUT2D eigenvalue weighted by Gasteiger charge is 2.42. The van der Waals surface area contributed by atoms with Crippen LogP contribution in [0.4, 0.5) is 0 Å². The van der Waals surface area contributed by atoms with Crippen molar-refractivity contribution in [3.63, 3.8) is 0 Å². The molecule has 5 nitrogen and oxygen atoms in total. The standard InChI is InChI=1S/C23H27N3O2/c1-16-8-10-18(11-9-16)13-26-21-15-25(14-19(21)5-3-7-22(26)27)23(28)20-6-4-12-24-17(20)2/h4,6,8-12,19,21H,3,5,7,13-15H2,1-2H3/t19-,21+/m1/s1. The first-order valence-electron chi connectivity index (χ1n) is 10.1. The number of carbonyl (C=O) groups excluding carboxylic acids is 2. The summed E-state index contributed by atoms with van der Waals surface area (Å²) in [5.41, 5.74) is 3.78. The normalized spacial score (nSPS) is 22.1. The first-order valence-corrected chi connectivity index (χ1v) is 10.1. The molecule has 146 valence electrons. The maximum atomic E-state index is 13.1. The number of amides is 2. The number of nitrogens with zero attached hydrogens (tertiary/aromatic N) is 3. The van der Waals surface area contributed by atoms with Gasteiger partial charge in [0.05, 0.1) is 11.6 Å². The van der Waals surface area contributed by atoms with Crippen molar-refractivity contribution in [3.8, 4) is 0 Å². The average molecular weight is 377 g/mol. The van der Waals surface area contributed by atoms with Crippen molar-refractivity contribution in [2.24, 2.45) is 5.92 Å². The Morgan fingerprint density at radius 1 is 1.14 bits per heavy atom. The van der Waals surface area contributed by atoms with Crippen LogP contribution < -0.4 is 0 Å². The van der Waals surface area contributed by atoms with E-state index < -0.39 is 0 Å². The van der Waals surface area contributed by atoms with Gasteiger partial charge in [-0.05, 0) is 50.3 Å². The molecular formula is C23H27N3O2. The predicted molar refractivity (Wildman–Crippen MR) is 108 cm³/mol. The lowest BCUT2D eigenvalue weighted by atomic mass is 9.98. The molecule has 0 saturated carbocycles. The van der Waals surface area contributed by atoms with E-state index in [1.54, 1.807) is 6.20 Å². The van der Waals surface area contributed by atoms with Crippen LogP contribution in [0, 0.1) is 19.8 Å². The molecule has 2 atom stereocenters. The number of rotatable bonds is 3. The van der Waals surface area contributed by atoms with Crippen LogP contribution in [0.5, 0.6) is 0 Å². The van der Waals surface area contributed by atoms with Gasteiger partial charge >= 0.3 is 0 Å². The van der Waals surface area contributed by atoms with Crippen LogP contribution in [0.3, 0.4) is 0 Å². The van der Waals surface area contributed by atoms with Crippen molar-refractivity contribution in [1.29, 1.82) is 0 Å². The molecule has 0 aliphatic carbocycles. The Balaban J connectivity index is 1.55. The van der Waals surface area contributed by atoms with E-state index in [0.717, 1.165) is 30.6 Å². The van der Waals surface area contributed by atoms with Gasteiger partial charge in [-0.2, -0.15) is 0 Å². The minimum absolute atomic E-state index is 0.0291. The summed E-state index contributed by atoms with van der Waals surface area (Å²) in [5.74, 6) is 0.583. The second kappa shape index (κ2) is 7.74. The zero-order chi connectivity index (χ0) is 19.7. The molecule has 0 N–H and O–H groups in total. The molecule has 2 amide bonds. The van der Waals surface area contributed by atoms with Gasteiger partial charge in [-0.1, -0.05) is 29.8 Å². The molecule has 2 aliphatic heterocycles. The average Bonchev–Trinajstić information content (AvgIpc) is 3.05. The molecule has 1 aromatic carbocycles. The lowest BCUT2D eigenvalue weighted by Gasteiger charge is -2.30. The molecule has 28 heavy (non-hydrogen) atoms. The van der Waals surface area contributed by atoms with Crippen molar-refractivity contribution in [2.45, 2.75) is 45.7 Å². The molecule has 0 unspecified atom stereocenters. The van der Waals surface area contributed by atoms with Gasteiger partial charge in [0.2, 0.25) is 5.91 Å². The zero-order valence-corrected chi connectivity index (χ0v) is 16.6. The SMILES string of the molecule is Cc1ccc(CN2C(=O)CCC[C@@H]3CN(C(=O)c4cccnc4C)C[C@@H]32)cc1. The van der Waals surface area contributed by atoms with Gasteiger partial charge in [-0.15, -0.1) is 0 Å². The van der Waals surface area contributed by atoms with Crippen molar-refractivity contribution in [2.75, 3.05) is 13.1 Å². The van der Waals surface area contributed by atoms with Crippen LogP contribution in [-0.2, 0) is 11.3 Å². The lowest BCUT2D eigenvalue weighted by molar-refractivity contribution is -0.133. The van der Waals surface area contributed by atoms with E-state index in [1.807, 2.05) is 28.9 Å². The van der Waals surface area contributed by atoms with Gasteiger partial charge < -0.3 is 9.80 Å². The summed E-state index contributed by atoms with van der Waals surface area (Å²) in [7, 11) is 0. The number of aromatic nitrogens is 1. The Morgan fingerprint density at radius 3 is 2.68 bits per heavy atom. The van der Waals surface area contributed by atoms with Crippen LogP contribution in [0.1, 0.15) is 46.4 Å². The van der Waals surface area contributed by atoms with E-state index in [-0.39, 0.29) is 17.9 Å². The summed E-state index contributed by atoms with van der Waals surface area (Å²) in [6, 6.07) is 12.1. The number of fused-ring (bicyclic) bond motifs is 1. The fourth-order valence-electron chi connectivity index (χ4n) is 4.48. The minimum Gasteiger partial charge on any atom is -0.336 e. The highest BCUT2D eigenvalue weighted by molar-refractivity contribution is 5.95. The fourth-order valence-corrected chi connectivity index (χ4v) is 4.48. The van der Waals surface area contributed by atoms with Crippen LogP contribution in [0.2, 0.25) is 0 Å². The number of benzene rings is 1. The number of pyridine rings is 1. The molecule has 0 bridgehead atoms. The van der Waals surface area contributed by atoms with E-state index in [1.165, 1.54) is 5.56 Å². The molecule has 2 aliphatic rings. The third kappa shape index (κ3) is 3.66. The first-order chi connectivity index (χ1) is 13.5. The molecule has 0 spiro atoms. The molecule has 0 radical (unpaired) electrons. The van der Waals surface area contributed by atoms with Gasteiger partial charge in [0.15, 0.2) is 0 Å². The number of aryl methyl sites for hydroxylation is 2. The maximum absolute atomic E-state index is 13.1. The smallest absolute Gasteiger partial charge is 0.255 e. The van der Waals surface area contributed by atoms with Crippen molar-refractivity contribution < 1.29 is 9.59 Å². The van der Waals surface area contributed by atoms with Crippen molar-refractivity contribution in [3.05, 3.63) is 65.0 Å². The zero-order valence-electron chi connectivity index (χ0n) is 16.6. The van der Waals surface area contributed by atoms with E-state index in [4.69, 9.17) is 0 Å². The van der Waals surface area contributed by atoms with E-state index in [0.29, 0.717) is 31.0 Å². The van der Waals surface area contributed by atoms with Gasteiger partial charge in [-0.25, -0.2) is 0 Å². The second-order valence-electron chi connectivity index (χ2n) is 8.07. The summed E-state index contributed by atoms with van der Waals surface area (Å²) in [4.78, 5) is 34.1. The topological polar surface area (TPSA) is 53.5 Å². The maximum Gasteiger partial charge on any atom is 0.255 e. The molecule has 3 heterocycles. The summed E-state index contributed by atoms with van der Waals surface area (Å²) in [6.07, 6.45) is 4.21. The number of hydrogen-bond donors (Lipinski definition) is 0. The van der Waals surface area contributed by atoms with E-state index >= 15 is 0 Å².